The monoisotopic (exact) mass is 590 g/mol. The first-order valence-corrected chi connectivity index (χ1v) is 15.4. The van der Waals surface area contributed by atoms with Gasteiger partial charge in [0.15, 0.2) is 0 Å². The van der Waals surface area contributed by atoms with Crippen LogP contribution in [0, 0.1) is 0 Å². The maximum Gasteiger partial charge on any atom is 0.0977 e. The fourth-order valence-corrected chi connectivity index (χ4v) is 6.20. The van der Waals surface area contributed by atoms with Crippen molar-refractivity contribution in [3.8, 4) is 0 Å². The van der Waals surface area contributed by atoms with Crippen LogP contribution in [0.2, 0.25) is 0 Å². The molecule has 4 heteroatoms. The van der Waals surface area contributed by atoms with Crippen molar-refractivity contribution < 1.29 is 0 Å². The Labute approximate surface area is 267 Å². The molecule has 0 unspecified atom stereocenters. The van der Waals surface area contributed by atoms with Gasteiger partial charge in [-0.15, -0.1) is 0 Å². The summed E-state index contributed by atoms with van der Waals surface area (Å²) in [4.78, 5) is 0. The molecule has 0 saturated carbocycles. The van der Waals surface area contributed by atoms with E-state index in [0.29, 0.717) is 0 Å². The summed E-state index contributed by atoms with van der Waals surface area (Å²) in [6.07, 6.45) is 0. The number of nitrogens with zero attached hydrogens (tertiary/aromatic N) is 2. The Bertz CT molecular complexity index is 2080. The number of benzene rings is 8. The number of rotatable bonds is 8. The van der Waals surface area contributed by atoms with Crippen LogP contribution >= 0.6 is 0 Å². The van der Waals surface area contributed by atoms with Crippen molar-refractivity contribution in [1.82, 2.24) is 0 Å². The van der Waals surface area contributed by atoms with E-state index < -0.39 is 0 Å². The average molecular weight is 591 g/mol. The summed E-state index contributed by atoms with van der Waals surface area (Å²) in [6, 6.07) is 58.6. The molecule has 2 N–H and O–H groups in total. The van der Waals surface area contributed by atoms with Gasteiger partial charge in [0.2, 0.25) is 0 Å². The molecule has 46 heavy (non-hydrogen) atoms. The first kappa shape index (κ1) is 27.3. The minimum atomic E-state index is 0.892. The quantitative estimate of drug-likeness (QED) is 0.105. The van der Waals surface area contributed by atoms with E-state index in [4.69, 9.17) is 10.2 Å². The number of hydrogen-bond donors (Lipinski definition) is 2. The number of hydrazone groups is 2. The van der Waals surface area contributed by atoms with Crippen LogP contribution in [0.3, 0.4) is 0 Å². The van der Waals surface area contributed by atoms with E-state index in [0.717, 1.165) is 55.8 Å². The van der Waals surface area contributed by atoms with Crippen molar-refractivity contribution in [1.29, 1.82) is 0 Å². The van der Waals surface area contributed by atoms with E-state index in [2.05, 4.69) is 108 Å². The number of hydrogen-bond acceptors (Lipinski definition) is 4. The molecule has 0 spiro atoms. The lowest BCUT2D eigenvalue weighted by Gasteiger charge is -2.16. The molecule has 0 aliphatic carbocycles. The predicted octanol–water partition coefficient (Wildman–Crippen LogP) is 10.3. The van der Waals surface area contributed by atoms with Crippen molar-refractivity contribution in [3.63, 3.8) is 0 Å². The minimum absolute atomic E-state index is 0.892. The van der Waals surface area contributed by atoms with Gasteiger partial charge in [-0.3, -0.25) is 10.9 Å². The van der Waals surface area contributed by atoms with Crippen molar-refractivity contribution in [2.24, 2.45) is 10.2 Å². The average Bonchev–Trinajstić information content (AvgIpc) is 3.13. The normalized spacial score (nSPS) is 11.0. The van der Waals surface area contributed by atoms with Crippen molar-refractivity contribution in [2.45, 2.75) is 0 Å². The minimum Gasteiger partial charge on any atom is -0.277 e. The summed E-state index contributed by atoms with van der Waals surface area (Å²) in [5.41, 5.74) is 14.8. The standard InChI is InChI=1S/C42H30N4/c1-5-13-31(14-6-1)41(32-15-7-2-8-16-32)45-43-37-27-23-29-22-26-36-38(28-24-30-21-25-35(37)39(29)40(30)36)44-46-42(33-17-9-3-10-18-33)34-19-11-4-12-20-34/h1-28,43-44H. The highest BCUT2D eigenvalue weighted by Gasteiger charge is 2.15. The molecule has 0 radical (unpaired) electrons. The summed E-state index contributed by atoms with van der Waals surface area (Å²) >= 11 is 0. The Morgan fingerprint density at radius 3 is 0.957 bits per heavy atom. The van der Waals surface area contributed by atoms with Gasteiger partial charge >= 0.3 is 0 Å². The zero-order valence-electron chi connectivity index (χ0n) is 25.1. The molecule has 0 aromatic heterocycles. The summed E-state index contributed by atoms with van der Waals surface area (Å²) < 4.78 is 0. The summed E-state index contributed by atoms with van der Waals surface area (Å²) in [5, 5.41) is 17.0. The highest BCUT2D eigenvalue weighted by molar-refractivity contribution is 6.27. The van der Waals surface area contributed by atoms with Crippen LogP contribution in [0.1, 0.15) is 22.3 Å². The Balaban J connectivity index is 1.22. The van der Waals surface area contributed by atoms with E-state index in [1.54, 1.807) is 0 Å². The van der Waals surface area contributed by atoms with Gasteiger partial charge in [-0.25, -0.2) is 0 Å². The first-order valence-electron chi connectivity index (χ1n) is 15.4. The van der Waals surface area contributed by atoms with Gasteiger partial charge in [0.05, 0.1) is 22.8 Å². The summed E-state index contributed by atoms with van der Waals surface area (Å²) in [5.74, 6) is 0. The van der Waals surface area contributed by atoms with Gasteiger partial charge in [0.1, 0.15) is 0 Å². The second-order valence-electron chi connectivity index (χ2n) is 11.3. The van der Waals surface area contributed by atoms with Gasteiger partial charge in [-0.1, -0.05) is 158 Å². The maximum absolute atomic E-state index is 4.98. The van der Waals surface area contributed by atoms with Crippen LogP contribution in [-0.4, -0.2) is 11.4 Å². The van der Waals surface area contributed by atoms with Crippen LogP contribution in [0.4, 0.5) is 11.4 Å². The lowest BCUT2D eigenvalue weighted by Crippen LogP contribution is -2.07. The Hall–Kier alpha value is -6.26. The van der Waals surface area contributed by atoms with E-state index in [1.807, 2.05) is 72.8 Å². The van der Waals surface area contributed by atoms with Crippen molar-refractivity contribution in [2.75, 3.05) is 10.9 Å². The molecule has 218 valence electrons. The summed E-state index contributed by atoms with van der Waals surface area (Å²) in [6.45, 7) is 0. The second kappa shape index (κ2) is 12.0. The third-order valence-corrected chi connectivity index (χ3v) is 8.43. The molecule has 4 nitrogen and oxygen atoms in total. The van der Waals surface area contributed by atoms with Gasteiger partial charge in [0.25, 0.3) is 0 Å². The second-order valence-corrected chi connectivity index (χ2v) is 11.3. The van der Waals surface area contributed by atoms with Crippen LogP contribution in [0.5, 0.6) is 0 Å². The molecular formula is C42H30N4. The molecule has 0 heterocycles. The van der Waals surface area contributed by atoms with Gasteiger partial charge in [-0.05, 0) is 33.7 Å². The molecule has 8 rings (SSSR count). The number of anilines is 2. The molecule has 0 atom stereocenters. The third kappa shape index (κ3) is 5.12. The Morgan fingerprint density at radius 1 is 0.326 bits per heavy atom. The van der Waals surface area contributed by atoms with Crippen LogP contribution in [0.15, 0.2) is 180 Å². The predicted molar refractivity (Wildman–Crippen MR) is 194 cm³/mol. The summed E-state index contributed by atoms with van der Waals surface area (Å²) in [7, 11) is 0. The molecule has 0 fully saturated rings. The molecule has 8 aromatic rings. The topological polar surface area (TPSA) is 48.8 Å². The maximum atomic E-state index is 4.98. The molecule has 0 aliphatic heterocycles. The fourth-order valence-electron chi connectivity index (χ4n) is 6.20. The SMILES string of the molecule is c1ccc(C(=NNc2ccc3ccc4c(NN=C(c5ccccc5)c5ccccc5)ccc5ccc2c3c54)c2ccccc2)cc1. The lowest BCUT2D eigenvalue weighted by molar-refractivity contribution is 1.34. The molecule has 8 aromatic carbocycles. The van der Waals surface area contributed by atoms with E-state index in [-0.39, 0.29) is 0 Å². The van der Waals surface area contributed by atoms with Crippen LogP contribution in [0.25, 0.3) is 32.3 Å². The van der Waals surface area contributed by atoms with Gasteiger partial charge < -0.3 is 0 Å². The van der Waals surface area contributed by atoms with Crippen molar-refractivity contribution >= 4 is 55.1 Å². The van der Waals surface area contributed by atoms with E-state index in [1.165, 1.54) is 21.5 Å². The van der Waals surface area contributed by atoms with Gasteiger partial charge in [0, 0.05) is 33.0 Å². The highest BCUT2D eigenvalue weighted by Crippen LogP contribution is 2.40. The Kier molecular flexibility index (Phi) is 7.14. The largest absolute Gasteiger partial charge is 0.277 e. The number of nitrogens with one attached hydrogen (secondary N) is 2. The van der Waals surface area contributed by atoms with Crippen LogP contribution < -0.4 is 10.9 Å². The van der Waals surface area contributed by atoms with Crippen molar-refractivity contribution in [3.05, 3.63) is 192 Å². The molecule has 0 bridgehead atoms. The smallest absolute Gasteiger partial charge is 0.0977 e. The zero-order valence-corrected chi connectivity index (χ0v) is 25.1. The molecule has 0 aliphatic rings. The molecule has 0 saturated heterocycles. The third-order valence-electron chi connectivity index (χ3n) is 8.43. The highest BCUT2D eigenvalue weighted by atomic mass is 15.3. The molecule has 0 amide bonds. The van der Waals surface area contributed by atoms with Gasteiger partial charge in [-0.2, -0.15) is 10.2 Å². The van der Waals surface area contributed by atoms with E-state index >= 15 is 0 Å². The zero-order chi connectivity index (χ0) is 30.7. The lowest BCUT2D eigenvalue weighted by atomic mass is 9.93. The molecular weight excluding hydrogens is 560 g/mol. The van der Waals surface area contributed by atoms with E-state index in [9.17, 15) is 0 Å². The fraction of sp³-hybridized carbons (Fsp3) is 0. The Morgan fingerprint density at radius 2 is 0.630 bits per heavy atom. The first-order chi connectivity index (χ1) is 22.8. The van der Waals surface area contributed by atoms with Crippen LogP contribution in [-0.2, 0) is 0 Å².